The fourth-order valence-electron chi connectivity index (χ4n) is 2.23. The number of aryl methyl sites for hydroxylation is 1. The van der Waals surface area contributed by atoms with Gasteiger partial charge in [0, 0.05) is 23.1 Å². The molecule has 1 aromatic carbocycles. The number of amides is 1. The molecule has 2 aromatic rings. The standard InChI is InChI=1S/C18H22N2OS/c1-14-10-11-22-17(14)8-9-18(21)19-12-15-6-4-5-7-16(15)13-20(2)3/h4-11H,12-13H2,1-3H3,(H,19,21)/p+1/b9-8+. The zero-order valence-electron chi connectivity index (χ0n) is 13.3. The van der Waals surface area contributed by atoms with Gasteiger partial charge in [-0.2, -0.15) is 0 Å². The van der Waals surface area contributed by atoms with Gasteiger partial charge in [-0.05, 0) is 35.6 Å². The molecule has 1 amide bonds. The molecule has 0 saturated carbocycles. The van der Waals surface area contributed by atoms with E-state index in [9.17, 15) is 4.79 Å². The summed E-state index contributed by atoms with van der Waals surface area (Å²) in [6, 6.07) is 10.3. The van der Waals surface area contributed by atoms with Gasteiger partial charge in [0.2, 0.25) is 5.91 Å². The summed E-state index contributed by atoms with van der Waals surface area (Å²) >= 11 is 1.65. The highest BCUT2D eigenvalue weighted by atomic mass is 32.1. The van der Waals surface area contributed by atoms with Gasteiger partial charge in [-0.3, -0.25) is 4.79 Å². The minimum absolute atomic E-state index is 0.0557. The second-order valence-electron chi connectivity index (χ2n) is 5.67. The van der Waals surface area contributed by atoms with Gasteiger partial charge >= 0.3 is 0 Å². The number of nitrogens with one attached hydrogen (secondary N) is 2. The van der Waals surface area contributed by atoms with Crippen LogP contribution in [0.25, 0.3) is 6.08 Å². The van der Waals surface area contributed by atoms with Gasteiger partial charge in [0.25, 0.3) is 0 Å². The lowest BCUT2D eigenvalue weighted by Gasteiger charge is -2.12. The first-order valence-corrected chi connectivity index (χ1v) is 8.30. The lowest BCUT2D eigenvalue weighted by molar-refractivity contribution is -0.872. The van der Waals surface area contributed by atoms with Crippen molar-refractivity contribution in [2.45, 2.75) is 20.0 Å². The lowest BCUT2D eigenvalue weighted by atomic mass is 10.1. The Morgan fingerprint density at radius 3 is 2.59 bits per heavy atom. The van der Waals surface area contributed by atoms with Crippen LogP contribution in [0.5, 0.6) is 0 Å². The van der Waals surface area contributed by atoms with E-state index in [1.165, 1.54) is 21.6 Å². The van der Waals surface area contributed by atoms with E-state index in [2.05, 4.69) is 37.6 Å². The van der Waals surface area contributed by atoms with Crippen molar-refractivity contribution in [2.75, 3.05) is 14.1 Å². The van der Waals surface area contributed by atoms with Crippen LogP contribution in [0.4, 0.5) is 0 Å². The van der Waals surface area contributed by atoms with Crippen LogP contribution in [-0.4, -0.2) is 20.0 Å². The van der Waals surface area contributed by atoms with Crippen LogP contribution in [0, 0.1) is 6.92 Å². The molecule has 3 nitrogen and oxygen atoms in total. The predicted molar refractivity (Wildman–Crippen MR) is 92.9 cm³/mol. The van der Waals surface area contributed by atoms with E-state index in [1.54, 1.807) is 17.4 Å². The summed E-state index contributed by atoms with van der Waals surface area (Å²) < 4.78 is 0. The van der Waals surface area contributed by atoms with Crippen LogP contribution < -0.4 is 10.2 Å². The summed E-state index contributed by atoms with van der Waals surface area (Å²) in [5.41, 5.74) is 3.66. The van der Waals surface area contributed by atoms with Crippen LogP contribution in [0.2, 0.25) is 0 Å². The molecule has 2 rings (SSSR count). The van der Waals surface area contributed by atoms with Crippen molar-refractivity contribution >= 4 is 23.3 Å². The molecule has 1 aromatic heterocycles. The number of thiophene rings is 1. The molecule has 0 saturated heterocycles. The maximum absolute atomic E-state index is 12.0. The first-order valence-electron chi connectivity index (χ1n) is 7.42. The molecule has 22 heavy (non-hydrogen) atoms. The molecule has 0 bridgehead atoms. The number of carbonyl (C=O) groups excluding carboxylic acids is 1. The maximum atomic E-state index is 12.0. The molecular formula is C18H23N2OS+. The molecule has 0 unspecified atom stereocenters. The van der Waals surface area contributed by atoms with Crippen molar-refractivity contribution in [3.63, 3.8) is 0 Å². The van der Waals surface area contributed by atoms with Crippen LogP contribution >= 0.6 is 11.3 Å². The summed E-state index contributed by atoms with van der Waals surface area (Å²) in [4.78, 5) is 14.5. The molecule has 0 atom stereocenters. The van der Waals surface area contributed by atoms with Crippen LogP contribution in [0.15, 0.2) is 41.8 Å². The molecule has 116 valence electrons. The van der Waals surface area contributed by atoms with Crippen molar-refractivity contribution in [3.8, 4) is 0 Å². The Hall–Kier alpha value is -1.91. The van der Waals surface area contributed by atoms with E-state index < -0.39 is 0 Å². The summed E-state index contributed by atoms with van der Waals surface area (Å²) in [5.74, 6) is -0.0557. The molecule has 0 fully saturated rings. The van der Waals surface area contributed by atoms with Crippen LogP contribution in [-0.2, 0) is 17.9 Å². The van der Waals surface area contributed by atoms with Gasteiger partial charge in [-0.25, -0.2) is 0 Å². The molecule has 0 spiro atoms. The summed E-state index contributed by atoms with van der Waals surface area (Å²) in [6.07, 6.45) is 3.49. The Kier molecular flexibility index (Phi) is 5.92. The topological polar surface area (TPSA) is 33.5 Å². The van der Waals surface area contributed by atoms with Gasteiger partial charge in [0.15, 0.2) is 0 Å². The van der Waals surface area contributed by atoms with E-state index >= 15 is 0 Å². The Balaban J connectivity index is 1.94. The minimum atomic E-state index is -0.0557. The van der Waals surface area contributed by atoms with E-state index in [4.69, 9.17) is 0 Å². The quantitative estimate of drug-likeness (QED) is 0.786. The molecule has 1 heterocycles. The van der Waals surface area contributed by atoms with Gasteiger partial charge in [-0.15, -0.1) is 11.3 Å². The third kappa shape index (κ3) is 4.83. The van der Waals surface area contributed by atoms with E-state index in [0.717, 1.165) is 11.4 Å². The minimum Gasteiger partial charge on any atom is -0.348 e. The third-order valence-electron chi connectivity index (χ3n) is 3.40. The smallest absolute Gasteiger partial charge is 0.244 e. The second-order valence-corrected chi connectivity index (χ2v) is 6.62. The van der Waals surface area contributed by atoms with Gasteiger partial charge < -0.3 is 10.2 Å². The highest BCUT2D eigenvalue weighted by molar-refractivity contribution is 7.11. The maximum Gasteiger partial charge on any atom is 0.244 e. The Morgan fingerprint density at radius 1 is 1.23 bits per heavy atom. The van der Waals surface area contributed by atoms with Gasteiger partial charge in [0.05, 0.1) is 14.1 Å². The first-order chi connectivity index (χ1) is 10.6. The van der Waals surface area contributed by atoms with E-state index in [-0.39, 0.29) is 5.91 Å². The largest absolute Gasteiger partial charge is 0.348 e. The fourth-order valence-corrected chi connectivity index (χ4v) is 3.05. The number of hydrogen-bond acceptors (Lipinski definition) is 2. The average molecular weight is 315 g/mol. The highest BCUT2D eigenvalue weighted by Gasteiger charge is 2.06. The number of benzene rings is 1. The van der Waals surface area contributed by atoms with Crippen molar-refractivity contribution < 1.29 is 9.69 Å². The molecule has 0 aliphatic carbocycles. The molecular weight excluding hydrogens is 292 g/mol. The average Bonchev–Trinajstić information content (AvgIpc) is 2.89. The van der Waals surface area contributed by atoms with Crippen LogP contribution in [0.3, 0.4) is 0 Å². The molecule has 0 radical (unpaired) electrons. The van der Waals surface area contributed by atoms with Crippen molar-refractivity contribution in [3.05, 3.63) is 63.4 Å². The van der Waals surface area contributed by atoms with Crippen molar-refractivity contribution in [1.82, 2.24) is 5.32 Å². The summed E-state index contributed by atoms with van der Waals surface area (Å²) in [6.45, 7) is 3.57. The summed E-state index contributed by atoms with van der Waals surface area (Å²) in [5, 5.41) is 5.00. The Labute approximate surface area is 136 Å². The number of rotatable bonds is 6. The Morgan fingerprint density at radius 2 is 1.95 bits per heavy atom. The van der Waals surface area contributed by atoms with E-state index in [1.807, 2.05) is 30.5 Å². The molecule has 2 N–H and O–H groups in total. The zero-order valence-corrected chi connectivity index (χ0v) is 14.2. The number of hydrogen-bond donors (Lipinski definition) is 2. The summed E-state index contributed by atoms with van der Waals surface area (Å²) in [7, 11) is 4.25. The first kappa shape index (κ1) is 16.5. The number of quaternary nitrogens is 1. The Bertz CT molecular complexity index is 659. The molecule has 0 aliphatic heterocycles. The number of carbonyl (C=O) groups is 1. The molecule has 4 heteroatoms. The van der Waals surface area contributed by atoms with Gasteiger partial charge in [-0.1, -0.05) is 24.3 Å². The normalized spacial score (nSPS) is 11.3. The highest BCUT2D eigenvalue weighted by Crippen LogP contribution is 2.16. The SMILES string of the molecule is Cc1ccsc1/C=C/C(=O)NCc1ccccc1C[NH+](C)C. The fraction of sp³-hybridized carbons (Fsp3) is 0.278. The predicted octanol–water partition coefficient (Wildman–Crippen LogP) is 2.03. The third-order valence-corrected chi connectivity index (χ3v) is 4.39. The van der Waals surface area contributed by atoms with E-state index in [0.29, 0.717) is 6.54 Å². The van der Waals surface area contributed by atoms with Crippen molar-refractivity contribution in [2.24, 2.45) is 0 Å². The molecule has 0 aliphatic rings. The lowest BCUT2D eigenvalue weighted by Crippen LogP contribution is -3.04. The second kappa shape index (κ2) is 7.92. The zero-order chi connectivity index (χ0) is 15.9. The monoisotopic (exact) mass is 315 g/mol. The van der Waals surface area contributed by atoms with Crippen molar-refractivity contribution in [1.29, 1.82) is 0 Å². The van der Waals surface area contributed by atoms with Gasteiger partial charge in [0.1, 0.15) is 6.54 Å². The van der Waals surface area contributed by atoms with Crippen LogP contribution in [0.1, 0.15) is 21.6 Å².